The van der Waals surface area contributed by atoms with E-state index in [1.807, 2.05) is 14.0 Å². The van der Waals surface area contributed by atoms with Crippen LogP contribution in [0.4, 0.5) is 0 Å². The molecule has 0 saturated carbocycles. The Balaban J connectivity index is 2.34. The van der Waals surface area contributed by atoms with E-state index in [2.05, 4.69) is 35.4 Å². The Bertz CT molecular complexity index is 365. The summed E-state index contributed by atoms with van der Waals surface area (Å²) in [5, 5.41) is 0. The van der Waals surface area contributed by atoms with Gasteiger partial charge in [0.25, 0.3) is 0 Å². The molecule has 0 heterocycles. The van der Waals surface area contributed by atoms with Crippen molar-refractivity contribution < 1.29 is 9.53 Å². The Morgan fingerprint density at radius 1 is 1.33 bits per heavy atom. The van der Waals surface area contributed by atoms with Crippen molar-refractivity contribution in [3.05, 3.63) is 29.8 Å². The van der Waals surface area contributed by atoms with Gasteiger partial charge in [0.2, 0.25) is 0 Å². The summed E-state index contributed by atoms with van der Waals surface area (Å²) in [7, 11) is 2.02. The SMILES string of the molecule is CCOC(=O)CCN(C)Cc1ccc(SC)cc1. The maximum atomic E-state index is 11.2. The number of hydrogen-bond acceptors (Lipinski definition) is 4. The summed E-state index contributed by atoms with van der Waals surface area (Å²) < 4.78 is 4.90. The highest BCUT2D eigenvalue weighted by Gasteiger charge is 2.05. The fourth-order valence-electron chi connectivity index (χ4n) is 1.64. The largest absolute Gasteiger partial charge is 0.466 e. The van der Waals surface area contributed by atoms with Gasteiger partial charge < -0.3 is 9.64 Å². The molecule has 0 radical (unpaired) electrons. The molecule has 0 fully saturated rings. The summed E-state index contributed by atoms with van der Waals surface area (Å²) in [6, 6.07) is 8.51. The summed E-state index contributed by atoms with van der Waals surface area (Å²) in [6.45, 7) is 3.87. The lowest BCUT2D eigenvalue weighted by Crippen LogP contribution is -2.22. The van der Waals surface area contributed by atoms with Crippen LogP contribution in [0.2, 0.25) is 0 Å². The van der Waals surface area contributed by atoms with E-state index in [0.717, 1.165) is 13.1 Å². The summed E-state index contributed by atoms with van der Waals surface area (Å²) in [6.07, 6.45) is 2.52. The first kappa shape index (κ1) is 15.1. The van der Waals surface area contributed by atoms with Crippen molar-refractivity contribution in [2.24, 2.45) is 0 Å². The fraction of sp³-hybridized carbons (Fsp3) is 0.500. The van der Waals surface area contributed by atoms with Crippen molar-refractivity contribution in [1.82, 2.24) is 4.90 Å². The quantitative estimate of drug-likeness (QED) is 0.561. The van der Waals surface area contributed by atoms with Gasteiger partial charge in [0.15, 0.2) is 0 Å². The van der Waals surface area contributed by atoms with Crippen molar-refractivity contribution in [3.8, 4) is 0 Å². The molecule has 0 unspecified atom stereocenters. The van der Waals surface area contributed by atoms with E-state index in [0.29, 0.717) is 13.0 Å². The molecule has 100 valence electrons. The number of carbonyl (C=O) groups excluding carboxylic acids is 1. The third-order valence-electron chi connectivity index (χ3n) is 2.61. The zero-order chi connectivity index (χ0) is 13.4. The first-order chi connectivity index (χ1) is 8.65. The zero-order valence-corrected chi connectivity index (χ0v) is 12.1. The highest BCUT2D eigenvalue weighted by Crippen LogP contribution is 2.15. The molecule has 0 atom stereocenters. The van der Waals surface area contributed by atoms with Gasteiger partial charge in [-0.1, -0.05) is 12.1 Å². The summed E-state index contributed by atoms with van der Waals surface area (Å²) in [4.78, 5) is 14.6. The molecule has 0 N–H and O–H groups in total. The molecule has 0 aliphatic rings. The highest BCUT2D eigenvalue weighted by atomic mass is 32.2. The molecule has 4 heteroatoms. The third-order valence-corrected chi connectivity index (χ3v) is 3.36. The molecule has 0 spiro atoms. The zero-order valence-electron chi connectivity index (χ0n) is 11.3. The second-order valence-electron chi connectivity index (χ2n) is 4.14. The molecule has 0 aliphatic heterocycles. The smallest absolute Gasteiger partial charge is 0.307 e. The minimum Gasteiger partial charge on any atom is -0.466 e. The van der Waals surface area contributed by atoms with Crippen molar-refractivity contribution in [3.63, 3.8) is 0 Å². The minimum absolute atomic E-state index is 0.123. The lowest BCUT2D eigenvalue weighted by Gasteiger charge is -2.16. The summed E-state index contributed by atoms with van der Waals surface area (Å²) in [5.74, 6) is -0.123. The second kappa shape index (κ2) is 8.16. The van der Waals surface area contributed by atoms with E-state index in [1.54, 1.807) is 11.8 Å². The van der Waals surface area contributed by atoms with Crippen LogP contribution in [0.25, 0.3) is 0 Å². The molecule has 0 bridgehead atoms. The van der Waals surface area contributed by atoms with Gasteiger partial charge in [-0.15, -0.1) is 11.8 Å². The van der Waals surface area contributed by atoms with Gasteiger partial charge >= 0.3 is 5.97 Å². The van der Waals surface area contributed by atoms with Crippen molar-refractivity contribution in [2.75, 3.05) is 26.5 Å². The molecular formula is C14H21NO2S. The van der Waals surface area contributed by atoms with Crippen LogP contribution in [0.1, 0.15) is 18.9 Å². The Labute approximate surface area is 114 Å². The molecule has 0 aliphatic carbocycles. The van der Waals surface area contributed by atoms with Crippen LogP contribution in [0, 0.1) is 0 Å². The van der Waals surface area contributed by atoms with Crippen LogP contribution in [0.15, 0.2) is 29.2 Å². The molecule has 1 aromatic carbocycles. The molecule has 18 heavy (non-hydrogen) atoms. The van der Waals surface area contributed by atoms with Crippen molar-refractivity contribution in [2.45, 2.75) is 24.8 Å². The first-order valence-electron chi connectivity index (χ1n) is 6.12. The number of hydrogen-bond donors (Lipinski definition) is 0. The number of thioether (sulfide) groups is 1. The van der Waals surface area contributed by atoms with Crippen LogP contribution >= 0.6 is 11.8 Å². The van der Waals surface area contributed by atoms with E-state index in [1.165, 1.54) is 10.5 Å². The lowest BCUT2D eigenvalue weighted by atomic mass is 10.2. The molecule has 1 rings (SSSR count). The predicted molar refractivity (Wildman–Crippen MR) is 75.8 cm³/mol. The molecule has 0 saturated heterocycles. The number of rotatable bonds is 7. The summed E-state index contributed by atoms with van der Waals surface area (Å²) >= 11 is 1.74. The van der Waals surface area contributed by atoms with Crippen LogP contribution in [0.5, 0.6) is 0 Å². The average Bonchev–Trinajstić information content (AvgIpc) is 2.38. The minimum atomic E-state index is -0.123. The van der Waals surface area contributed by atoms with Crippen molar-refractivity contribution in [1.29, 1.82) is 0 Å². The molecule has 1 aromatic rings. The Hall–Kier alpha value is -1.00. The van der Waals surface area contributed by atoms with Gasteiger partial charge in [-0.3, -0.25) is 4.79 Å². The molecule has 0 aromatic heterocycles. The normalized spacial score (nSPS) is 10.7. The maximum absolute atomic E-state index is 11.2. The van der Waals surface area contributed by atoms with E-state index >= 15 is 0 Å². The van der Waals surface area contributed by atoms with Crippen LogP contribution in [-0.2, 0) is 16.1 Å². The second-order valence-corrected chi connectivity index (χ2v) is 5.02. The topological polar surface area (TPSA) is 29.5 Å². The predicted octanol–water partition coefficient (Wildman–Crippen LogP) is 2.79. The van der Waals surface area contributed by atoms with E-state index in [9.17, 15) is 4.79 Å². The van der Waals surface area contributed by atoms with Gasteiger partial charge in [-0.25, -0.2) is 0 Å². The van der Waals surface area contributed by atoms with Gasteiger partial charge in [-0.05, 0) is 37.9 Å². The number of esters is 1. The molecule has 0 amide bonds. The Kier molecular flexibility index (Phi) is 6.83. The van der Waals surface area contributed by atoms with E-state index in [4.69, 9.17) is 4.74 Å². The molecular weight excluding hydrogens is 246 g/mol. The van der Waals surface area contributed by atoms with Gasteiger partial charge in [0.1, 0.15) is 0 Å². The van der Waals surface area contributed by atoms with E-state index < -0.39 is 0 Å². The average molecular weight is 267 g/mol. The number of nitrogens with zero attached hydrogens (tertiary/aromatic N) is 1. The summed E-state index contributed by atoms with van der Waals surface area (Å²) in [5.41, 5.74) is 1.26. The monoisotopic (exact) mass is 267 g/mol. The van der Waals surface area contributed by atoms with E-state index in [-0.39, 0.29) is 5.97 Å². The van der Waals surface area contributed by atoms with Gasteiger partial charge in [-0.2, -0.15) is 0 Å². The number of benzene rings is 1. The first-order valence-corrected chi connectivity index (χ1v) is 7.35. The standard InChI is InChI=1S/C14H21NO2S/c1-4-17-14(16)9-10-15(2)11-12-5-7-13(18-3)8-6-12/h5-8H,4,9-11H2,1-3H3. The molecule has 3 nitrogen and oxygen atoms in total. The van der Waals surface area contributed by atoms with Crippen LogP contribution < -0.4 is 0 Å². The third kappa shape index (κ3) is 5.56. The lowest BCUT2D eigenvalue weighted by molar-refractivity contribution is -0.143. The van der Waals surface area contributed by atoms with Gasteiger partial charge in [0.05, 0.1) is 13.0 Å². The maximum Gasteiger partial charge on any atom is 0.307 e. The fourth-order valence-corrected chi connectivity index (χ4v) is 2.05. The van der Waals surface area contributed by atoms with Crippen LogP contribution in [0.3, 0.4) is 0 Å². The Morgan fingerprint density at radius 3 is 2.56 bits per heavy atom. The van der Waals surface area contributed by atoms with Gasteiger partial charge in [0, 0.05) is 18.0 Å². The number of carbonyl (C=O) groups is 1. The number of ether oxygens (including phenoxy) is 1. The van der Waals surface area contributed by atoms with Crippen molar-refractivity contribution >= 4 is 17.7 Å². The highest BCUT2D eigenvalue weighted by molar-refractivity contribution is 7.98. The van der Waals surface area contributed by atoms with Crippen LogP contribution in [-0.4, -0.2) is 37.3 Å². The Morgan fingerprint density at radius 2 is 2.00 bits per heavy atom.